The van der Waals surface area contributed by atoms with Gasteiger partial charge in [-0.05, 0) is 36.4 Å². The minimum absolute atomic E-state index is 0.246. The molecule has 0 aliphatic rings. The molecule has 0 saturated carbocycles. The molecule has 3 rings (SSSR count). The lowest BCUT2D eigenvalue weighted by molar-refractivity contribution is 0.412. The summed E-state index contributed by atoms with van der Waals surface area (Å²) in [6.07, 6.45) is 3.75. The number of hydrogen-bond donors (Lipinski definition) is 0. The van der Waals surface area contributed by atoms with Gasteiger partial charge >= 0.3 is 0 Å². The third-order valence-corrected chi connectivity index (χ3v) is 2.80. The molecule has 0 aliphatic heterocycles. The Labute approximate surface area is 103 Å². The summed E-state index contributed by atoms with van der Waals surface area (Å²) in [5, 5.41) is 0. The Bertz CT molecular complexity index is 689. The second kappa shape index (κ2) is 4.14. The normalized spacial score (nSPS) is 10.8. The third-order valence-electron chi connectivity index (χ3n) is 2.80. The summed E-state index contributed by atoms with van der Waals surface area (Å²) in [5.74, 6) is 0.523. The number of nitrogens with zero attached hydrogens (tertiary/aromatic N) is 2. The fourth-order valence-corrected chi connectivity index (χ4v) is 1.85. The molecule has 0 saturated heterocycles. The van der Waals surface area contributed by atoms with E-state index in [4.69, 9.17) is 4.74 Å². The van der Waals surface area contributed by atoms with E-state index in [0.717, 1.165) is 22.7 Å². The smallest absolute Gasteiger partial charge is 0.137 e. The van der Waals surface area contributed by atoms with Crippen LogP contribution in [0.5, 0.6) is 5.75 Å². The average Bonchev–Trinajstić information content (AvgIpc) is 2.82. The van der Waals surface area contributed by atoms with Crippen molar-refractivity contribution in [3.05, 3.63) is 54.6 Å². The van der Waals surface area contributed by atoms with Crippen molar-refractivity contribution in [2.24, 2.45) is 0 Å². The monoisotopic (exact) mass is 242 g/mol. The van der Waals surface area contributed by atoms with Crippen molar-refractivity contribution < 1.29 is 9.13 Å². The second-order valence-electron chi connectivity index (χ2n) is 3.97. The zero-order valence-corrected chi connectivity index (χ0v) is 9.80. The van der Waals surface area contributed by atoms with Crippen LogP contribution in [-0.4, -0.2) is 16.5 Å². The van der Waals surface area contributed by atoms with E-state index in [1.54, 1.807) is 19.2 Å². The van der Waals surface area contributed by atoms with Gasteiger partial charge in [0, 0.05) is 11.8 Å². The Morgan fingerprint density at radius 3 is 2.56 bits per heavy atom. The zero-order valence-electron chi connectivity index (χ0n) is 9.80. The van der Waals surface area contributed by atoms with E-state index < -0.39 is 0 Å². The van der Waals surface area contributed by atoms with Crippen LogP contribution in [0.15, 0.2) is 48.8 Å². The number of benzene rings is 1. The molecule has 2 aromatic heterocycles. The van der Waals surface area contributed by atoms with Crippen molar-refractivity contribution in [1.29, 1.82) is 0 Å². The summed E-state index contributed by atoms with van der Waals surface area (Å²) in [4.78, 5) is 4.47. The molecule has 3 aromatic rings. The Kier molecular flexibility index (Phi) is 2.48. The Balaban J connectivity index is 2.10. The van der Waals surface area contributed by atoms with Crippen LogP contribution in [0.4, 0.5) is 4.39 Å². The van der Waals surface area contributed by atoms with Gasteiger partial charge in [0.25, 0.3) is 0 Å². The lowest BCUT2D eigenvalue weighted by Crippen LogP contribution is -1.86. The van der Waals surface area contributed by atoms with Crippen LogP contribution in [0.1, 0.15) is 0 Å². The van der Waals surface area contributed by atoms with Crippen LogP contribution in [0.25, 0.3) is 16.9 Å². The topological polar surface area (TPSA) is 26.5 Å². The standard InChI is InChI=1S/C14H11FN2O/c1-18-12-6-7-14-16-13(9-17(14)8-12)10-2-4-11(15)5-3-10/h2-9H,1H3. The van der Waals surface area contributed by atoms with Crippen LogP contribution in [-0.2, 0) is 0 Å². The molecule has 2 heterocycles. The number of hydrogen-bond acceptors (Lipinski definition) is 2. The highest BCUT2D eigenvalue weighted by molar-refractivity contribution is 5.62. The molecule has 0 spiro atoms. The molecule has 0 unspecified atom stereocenters. The summed E-state index contributed by atoms with van der Waals surface area (Å²) in [7, 11) is 1.62. The first kappa shape index (κ1) is 10.8. The largest absolute Gasteiger partial charge is 0.495 e. The van der Waals surface area contributed by atoms with Crippen LogP contribution in [0.2, 0.25) is 0 Å². The molecule has 4 heteroatoms. The summed E-state index contributed by atoms with van der Waals surface area (Å²) < 4.78 is 19.9. The molecule has 0 radical (unpaired) electrons. The third kappa shape index (κ3) is 1.82. The molecule has 90 valence electrons. The number of fused-ring (bicyclic) bond motifs is 1. The lowest BCUT2D eigenvalue weighted by atomic mass is 10.2. The van der Waals surface area contributed by atoms with Gasteiger partial charge in [-0.25, -0.2) is 9.37 Å². The summed E-state index contributed by atoms with van der Waals surface area (Å²) in [6, 6.07) is 10.0. The minimum atomic E-state index is -0.246. The summed E-state index contributed by atoms with van der Waals surface area (Å²) >= 11 is 0. The Morgan fingerprint density at radius 2 is 1.83 bits per heavy atom. The number of rotatable bonds is 2. The predicted octanol–water partition coefficient (Wildman–Crippen LogP) is 3.15. The molecule has 0 amide bonds. The van der Waals surface area contributed by atoms with Crippen molar-refractivity contribution in [3.63, 3.8) is 0 Å². The van der Waals surface area contributed by atoms with Gasteiger partial charge in [-0.2, -0.15) is 0 Å². The van der Waals surface area contributed by atoms with E-state index in [2.05, 4.69) is 4.98 Å². The van der Waals surface area contributed by atoms with Gasteiger partial charge in [-0.1, -0.05) is 0 Å². The fraction of sp³-hybridized carbons (Fsp3) is 0.0714. The van der Waals surface area contributed by atoms with Crippen molar-refractivity contribution >= 4 is 5.65 Å². The maximum absolute atomic E-state index is 12.9. The van der Waals surface area contributed by atoms with Gasteiger partial charge in [-0.3, -0.25) is 0 Å². The first-order valence-corrected chi connectivity index (χ1v) is 5.55. The number of pyridine rings is 1. The number of methoxy groups -OCH3 is 1. The SMILES string of the molecule is COc1ccc2nc(-c3ccc(F)cc3)cn2c1. The van der Waals surface area contributed by atoms with E-state index in [1.165, 1.54) is 12.1 Å². The van der Waals surface area contributed by atoms with Gasteiger partial charge in [0.1, 0.15) is 17.2 Å². The van der Waals surface area contributed by atoms with Crippen molar-refractivity contribution in [3.8, 4) is 17.0 Å². The Hall–Kier alpha value is -2.36. The number of halogens is 1. The molecular formula is C14H11FN2O. The predicted molar refractivity (Wildman–Crippen MR) is 67.1 cm³/mol. The molecule has 18 heavy (non-hydrogen) atoms. The minimum Gasteiger partial charge on any atom is -0.495 e. The molecule has 0 bridgehead atoms. The number of imidazole rings is 1. The molecule has 1 aromatic carbocycles. The molecule has 0 N–H and O–H groups in total. The first-order chi connectivity index (χ1) is 8.76. The zero-order chi connectivity index (χ0) is 12.5. The van der Waals surface area contributed by atoms with E-state index in [9.17, 15) is 4.39 Å². The maximum Gasteiger partial charge on any atom is 0.137 e. The molecule has 3 nitrogen and oxygen atoms in total. The van der Waals surface area contributed by atoms with E-state index in [1.807, 2.05) is 28.9 Å². The maximum atomic E-state index is 12.9. The fourth-order valence-electron chi connectivity index (χ4n) is 1.85. The quantitative estimate of drug-likeness (QED) is 0.690. The van der Waals surface area contributed by atoms with Crippen LogP contribution in [0, 0.1) is 5.82 Å². The van der Waals surface area contributed by atoms with Gasteiger partial charge in [0.15, 0.2) is 0 Å². The van der Waals surface area contributed by atoms with Gasteiger partial charge in [-0.15, -0.1) is 0 Å². The van der Waals surface area contributed by atoms with E-state index in [-0.39, 0.29) is 5.82 Å². The van der Waals surface area contributed by atoms with Gasteiger partial charge in [0.05, 0.1) is 19.0 Å². The Morgan fingerprint density at radius 1 is 1.06 bits per heavy atom. The van der Waals surface area contributed by atoms with Crippen LogP contribution < -0.4 is 4.74 Å². The van der Waals surface area contributed by atoms with E-state index >= 15 is 0 Å². The van der Waals surface area contributed by atoms with Crippen molar-refractivity contribution in [2.75, 3.05) is 7.11 Å². The van der Waals surface area contributed by atoms with E-state index in [0.29, 0.717) is 0 Å². The lowest BCUT2D eigenvalue weighted by Gasteiger charge is -1.98. The van der Waals surface area contributed by atoms with Crippen molar-refractivity contribution in [1.82, 2.24) is 9.38 Å². The van der Waals surface area contributed by atoms with Crippen molar-refractivity contribution in [2.45, 2.75) is 0 Å². The highest BCUT2D eigenvalue weighted by Gasteiger charge is 2.05. The molecule has 0 atom stereocenters. The second-order valence-corrected chi connectivity index (χ2v) is 3.97. The summed E-state index contributed by atoms with van der Waals surface area (Å²) in [6.45, 7) is 0. The van der Waals surface area contributed by atoms with Crippen LogP contribution in [0.3, 0.4) is 0 Å². The molecular weight excluding hydrogens is 231 g/mol. The first-order valence-electron chi connectivity index (χ1n) is 5.55. The number of aromatic nitrogens is 2. The van der Waals surface area contributed by atoms with Crippen LogP contribution >= 0.6 is 0 Å². The number of ether oxygens (including phenoxy) is 1. The average molecular weight is 242 g/mol. The van der Waals surface area contributed by atoms with Gasteiger partial charge < -0.3 is 9.14 Å². The highest BCUT2D eigenvalue weighted by atomic mass is 19.1. The molecule has 0 fully saturated rings. The molecule has 0 aliphatic carbocycles. The van der Waals surface area contributed by atoms with Gasteiger partial charge in [0.2, 0.25) is 0 Å². The highest BCUT2D eigenvalue weighted by Crippen LogP contribution is 2.21. The summed E-state index contributed by atoms with van der Waals surface area (Å²) in [5.41, 5.74) is 2.53.